The van der Waals surface area contributed by atoms with E-state index in [9.17, 15) is 8.42 Å². The molecule has 0 amide bonds. The molecular weight excluding hydrogens is 328 g/mol. The summed E-state index contributed by atoms with van der Waals surface area (Å²) in [7, 11) is -3.71. The van der Waals surface area contributed by atoms with Gasteiger partial charge in [-0.25, -0.2) is 18.4 Å². The predicted octanol–water partition coefficient (Wildman–Crippen LogP) is 1.14. The molecule has 0 bridgehead atoms. The Labute approximate surface area is 140 Å². The molecule has 0 saturated heterocycles. The van der Waals surface area contributed by atoms with Crippen LogP contribution < -0.4 is 15.6 Å². The number of anilines is 1. The molecule has 1 aliphatic rings. The molecule has 0 fully saturated rings. The van der Waals surface area contributed by atoms with Gasteiger partial charge in [-0.2, -0.15) is 0 Å². The van der Waals surface area contributed by atoms with Gasteiger partial charge in [-0.3, -0.25) is 0 Å². The van der Waals surface area contributed by atoms with E-state index in [1.165, 1.54) is 5.12 Å². The average Bonchev–Trinajstić information content (AvgIpc) is 2.87. The summed E-state index contributed by atoms with van der Waals surface area (Å²) in [5.74, 6) is 0.398. The van der Waals surface area contributed by atoms with Gasteiger partial charge in [-0.1, -0.05) is 17.7 Å². The molecule has 1 aliphatic heterocycles. The lowest BCUT2D eigenvalue weighted by Gasteiger charge is -2.25. The average molecular weight is 346 g/mol. The molecule has 0 spiro atoms. The maximum Gasteiger partial charge on any atom is 0.254 e. The highest BCUT2D eigenvalue weighted by atomic mass is 32.2. The van der Waals surface area contributed by atoms with Gasteiger partial charge in [0.25, 0.3) is 10.0 Å². The van der Waals surface area contributed by atoms with Crippen molar-refractivity contribution in [3.05, 3.63) is 60.1 Å². The molecular formula is C15H18N6O2S. The first-order valence-electron chi connectivity index (χ1n) is 7.31. The minimum absolute atomic E-state index is 0.189. The van der Waals surface area contributed by atoms with Crippen molar-refractivity contribution in [3.8, 4) is 0 Å². The molecule has 1 aromatic heterocycles. The zero-order valence-corrected chi connectivity index (χ0v) is 14.1. The van der Waals surface area contributed by atoms with Crippen LogP contribution in [0.15, 0.2) is 59.4 Å². The Morgan fingerprint density at radius 1 is 1.12 bits per heavy atom. The first-order valence-corrected chi connectivity index (χ1v) is 8.79. The molecule has 0 saturated carbocycles. The SMILES string of the molecule is CC1=CC(Nc2ncccn2)N(NS(=O)(=O)c2ccc(C)cc2)N1. The van der Waals surface area contributed by atoms with Crippen LogP contribution in [0.5, 0.6) is 0 Å². The van der Waals surface area contributed by atoms with Gasteiger partial charge in [0.15, 0.2) is 0 Å². The van der Waals surface area contributed by atoms with Crippen molar-refractivity contribution in [2.45, 2.75) is 24.9 Å². The summed E-state index contributed by atoms with van der Waals surface area (Å²) in [5, 5.41) is 4.40. The van der Waals surface area contributed by atoms with E-state index < -0.39 is 16.2 Å². The topological polar surface area (TPSA) is 99.2 Å². The molecule has 1 aromatic carbocycles. The van der Waals surface area contributed by atoms with E-state index in [-0.39, 0.29) is 4.90 Å². The number of benzene rings is 1. The van der Waals surface area contributed by atoms with Gasteiger partial charge in [0.2, 0.25) is 5.95 Å². The second-order valence-corrected chi connectivity index (χ2v) is 7.06. The molecule has 0 aliphatic carbocycles. The zero-order valence-electron chi connectivity index (χ0n) is 13.3. The van der Waals surface area contributed by atoms with Gasteiger partial charge in [-0.15, -0.1) is 9.95 Å². The number of hydrazine groups is 2. The normalized spacial score (nSPS) is 18.1. The third-order valence-electron chi connectivity index (χ3n) is 3.38. The fourth-order valence-corrected chi connectivity index (χ4v) is 3.22. The molecule has 2 heterocycles. The molecule has 0 radical (unpaired) electrons. The van der Waals surface area contributed by atoms with Crippen LogP contribution in [0.3, 0.4) is 0 Å². The Kier molecular flexibility index (Phi) is 4.47. The Hall–Kier alpha value is -2.49. The lowest BCUT2D eigenvalue weighted by Crippen LogP contribution is -2.53. The van der Waals surface area contributed by atoms with Crippen molar-refractivity contribution in [2.24, 2.45) is 0 Å². The van der Waals surface area contributed by atoms with E-state index in [0.29, 0.717) is 5.95 Å². The number of hydrogen-bond donors (Lipinski definition) is 3. The van der Waals surface area contributed by atoms with E-state index >= 15 is 0 Å². The number of aryl methyl sites for hydroxylation is 1. The van der Waals surface area contributed by atoms with E-state index in [2.05, 4.69) is 25.5 Å². The summed E-state index contributed by atoms with van der Waals surface area (Å²) in [6, 6.07) is 8.34. The van der Waals surface area contributed by atoms with Crippen molar-refractivity contribution in [1.82, 2.24) is 25.3 Å². The lowest BCUT2D eigenvalue weighted by molar-refractivity contribution is 0.177. The quantitative estimate of drug-likeness (QED) is 0.746. The van der Waals surface area contributed by atoms with Gasteiger partial charge < -0.3 is 10.7 Å². The second-order valence-electron chi connectivity index (χ2n) is 5.40. The summed E-state index contributed by atoms with van der Waals surface area (Å²) in [6.07, 6.45) is 4.57. The van der Waals surface area contributed by atoms with Crippen LogP contribution in [0.4, 0.5) is 5.95 Å². The first kappa shape index (κ1) is 16.4. The van der Waals surface area contributed by atoms with Crippen LogP contribution in [0, 0.1) is 6.92 Å². The van der Waals surface area contributed by atoms with E-state index in [1.807, 2.05) is 19.9 Å². The Bertz CT molecular complexity index is 836. The smallest absolute Gasteiger partial charge is 0.254 e. The van der Waals surface area contributed by atoms with Gasteiger partial charge in [-0.05, 0) is 38.1 Å². The maximum absolute atomic E-state index is 12.5. The van der Waals surface area contributed by atoms with Gasteiger partial charge in [0, 0.05) is 18.1 Å². The number of rotatable bonds is 5. The lowest BCUT2D eigenvalue weighted by atomic mass is 10.2. The monoisotopic (exact) mass is 346 g/mol. The number of sulfonamides is 1. The molecule has 2 aromatic rings. The van der Waals surface area contributed by atoms with E-state index in [1.54, 1.807) is 42.7 Å². The van der Waals surface area contributed by atoms with Gasteiger partial charge in [0.05, 0.1) is 4.90 Å². The van der Waals surface area contributed by atoms with Crippen LogP contribution in [-0.2, 0) is 10.0 Å². The van der Waals surface area contributed by atoms with Crippen molar-refractivity contribution in [2.75, 3.05) is 5.32 Å². The molecule has 126 valence electrons. The molecule has 3 rings (SSSR count). The molecule has 8 nitrogen and oxygen atoms in total. The molecule has 1 atom stereocenters. The third-order valence-corrected chi connectivity index (χ3v) is 4.71. The molecule has 3 N–H and O–H groups in total. The number of nitrogens with zero attached hydrogens (tertiary/aromatic N) is 3. The fraction of sp³-hybridized carbons (Fsp3) is 0.200. The Morgan fingerprint density at radius 3 is 2.46 bits per heavy atom. The zero-order chi connectivity index (χ0) is 17.2. The fourth-order valence-electron chi connectivity index (χ4n) is 2.20. The summed E-state index contributed by atoms with van der Waals surface area (Å²) < 4.78 is 25.1. The minimum Gasteiger partial charge on any atom is -0.332 e. The summed E-state index contributed by atoms with van der Waals surface area (Å²) in [6.45, 7) is 3.74. The summed E-state index contributed by atoms with van der Waals surface area (Å²) in [4.78, 5) is 10.9. The minimum atomic E-state index is -3.71. The van der Waals surface area contributed by atoms with Crippen LogP contribution in [0.25, 0.3) is 0 Å². The van der Waals surface area contributed by atoms with E-state index in [0.717, 1.165) is 11.3 Å². The van der Waals surface area contributed by atoms with Crippen LogP contribution >= 0.6 is 0 Å². The number of nitrogens with one attached hydrogen (secondary N) is 3. The van der Waals surface area contributed by atoms with Gasteiger partial charge >= 0.3 is 0 Å². The van der Waals surface area contributed by atoms with Crippen molar-refractivity contribution in [3.63, 3.8) is 0 Å². The predicted molar refractivity (Wildman–Crippen MR) is 89.7 cm³/mol. The molecule has 9 heteroatoms. The van der Waals surface area contributed by atoms with E-state index in [4.69, 9.17) is 0 Å². The standard InChI is InChI=1S/C15H18N6O2S/c1-11-4-6-13(7-5-11)24(22,23)20-21-14(10-12(2)19-21)18-15-16-8-3-9-17-15/h3-10,14,19-20H,1-2H3,(H,16,17,18). The van der Waals surface area contributed by atoms with Gasteiger partial charge in [0.1, 0.15) is 6.17 Å². The van der Waals surface area contributed by atoms with Crippen molar-refractivity contribution in [1.29, 1.82) is 0 Å². The summed E-state index contributed by atoms with van der Waals surface area (Å²) in [5.41, 5.74) is 4.74. The maximum atomic E-state index is 12.5. The molecule has 1 unspecified atom stereocenters. The van der Waals surface area contributed by atoms with Crippen LogP contribution in [0.2, 0.25) is 0 Å². The molecule has 24 heavy (non-hydrogen) atoms. The number of allylic oxidation sites excluding steroid dienone is 1. The third kappa shape index (κ3) is 3.70. The first-order chi connectivity index (χ1) is 11.4. The van der Waals surface area contributed by atoms with Crippen molar-refractivity contribution < 1.29 is 8.42 Å². The number of aromatic nitrogens is 2. The Morgan fingerprint density at radius 2 is 1.79 bits per heavy atom. The second kappa shape index (κ2) is 6.56. The highest BCUT2D eigenvalue weighted by Crippen LogP contribution is 2.15. The summed E-state index contributed by atoms with van der Waals surface area (Å²) >= 11 is 0. The van der Waals surface area contributed by atoms with Crippen LogP contribution in [0.1, 0.15) is 12.5 Å². The van der Waals surface area contributed by atoms with Crippen LogP contribution in [-0.4, -0.2) is 29.7 Å². The largest absolute Gasteiger partial charge is 0.332 e. The highest BCUT2D eigenvalue weighted by molar-refractivity contribution is 7.89. The highest BCUT2D eigenvalue weighted by Gasteiger charge is 2.28. The number of hydrogen-bond acceptors (Lipinski definition) is 7. The Balaban J connectivity index is 1.76. The van der Waals surface area contributed by atoms with Crippen molar-refractivity contribution >= 4 is 16.0 Å².